The molecule has 0 N–H and O–H groups in total. The number of hydrogen-bond acceptors (Lipinski definition) is 4. The fraction of sp³-hybridized carbons (Fsp3) is 0.0769. The van der Waals surface area contributed by atoms with Gasteiger partial charge in [-0.25, -0.2) is 4.98 Å². The normalized spacial score (nSPS) is 8.18. The van der Waals surface area contributed by atoms with Crippen LogP contribution in [0.25, 0.3) is 0 Å². The molecule has 0 spiro atoms. The molecule has 0 fully saturated rings. The van der Waals surface area contributed by atoms with Crippen molar-refractivity contribution in [2.24, 2.45) is 0 Å². The van der Waals surface area contributed by atoms with Crippen LogP contribution in [-0.4, -0.2) is 9.97 Å². The Balaban J connectivity index is 0.000000181. The predicted octanol–water partition coefficient (Wildman–Crippen LogP) is 2.21. The summed E-state index contributed by atoms with van der Waals surface area (Å²) in [6.07, 6.45) is 1.79. The molecule has 0 amide bonds. The van der Waals surface area contributed by atoms with Crippen molar-refractivity contribution in [1.82, 2.24) is 9.97 Å². The van der Waals surface area contributed by atoms with E-state index in [0.717, 1.165) is 5.69 Å². The molecule has 82 valence electrons. The van der Waals surface area contributed by atoms with Gasteiger partial charge in [-0.05, 0) is 31.2 Å². The molecule has 0 unspecified atom stereocenters. The van der Waals surface area contributed by atoms with Gasteiger partial charge >= 0.3 is 0 Å². The first-order valence-corrected chi connectivity index (χ1v) is 4.91. The van der Waals surface area contributed by atoms with E-state index in [-0.39, 0.29) is 11.4 Å². The minimum Gasteiger partial charge on any atom is -0.262 e. The lowest BCUT2D eigenvalue weighted by Gasteiger charge is -1.85. The smallest absolute Gasteiger partial charge is 0.142 e. The Labute approximate surface area is 99.8 Å². The number of pyridine rings is 2. The quantitative estimate of drug-likeness (QED) is 0.685. The van der Waals surface area contributed by atoms with E-state index in [4.69, 9.17) is 10.5 Å². The first-order valence-electron chi connectivity index (χ1n) is 4.91. The maximum atomic E-state index is 8.34. The highest BCUT2D eigenvalue weighted by atomic mass is 14.7. The van der Waals surface area contributed by atoms with Crippen LogP contribution in [0.4, 0.5) is 0 Å². The van der Waals surface area contributed by atoms with Crippen LogP contribution in [0.15, 0.2) is 42.6 Å². The molecule has 2 heterocycles. The second-order valence-electron chi connectivity index (χ2n) is 3.10. The topological polar surface area (TPSA) is 73.4 Å². The predicted molar refractivity (Wildman–Crippen MR) is 62.6 cm³/mol. The van der Waals surface area contributed by atoms with Crippen molar-refractivity contribution >= 4 is 0 Å². The van der Waals surface area contributed by atoms with E-state index in [0.29, 0.717) is 0 Å². The average molecular weight is 222 g/mol. The minimum absolute atomic E-state index is 0.277. The molecule has 4 heteroatoms. The molecule has 0 saturated carbocycles. The summed E-state index contributed by atoms with van der Waals surface area (Å²) in [6.45, 7) is 1.97. The van der Waals surface area contributed by atoms with Crippen LogP contribution in [0.2, 0.25) is 0 Å². The van der Waals surface area contributed by atoms with Gasteiger partial charge in [-0.2, -0.15) is 10.5 Å². The van der Waals surface area contributed by atoms with Crippen molar-refractivity contribution in [3.63, 3.8) is 0 Å². The van der Waals surface area contributed by atoms with E-state index >= 15 is 0 Å². The van der Waals surface area contributed by atoms with Crippen LogP contribution in [0, 0.1) is 29.6 Å². The van der Waals surface area contributed by atoms with Crippen LogP contribution in [0.1, 0.15) is 17.1 Å². The number of nitrogens with zero attached hydrogens (tertiary/aromatic N) is 4. The van der Waals surface area contributed by atoms with Gasteiger partial charge in [0.05, 0.1) is 0 Å². The van der Waals surface area contributed by atoms with E-state index in [2.05, 4.69) is 9.97 Å². The SMILES string of the molecule is Cc1ccccn1.N#Cc1cccc(C#N)n1. The standard InChI is InChI=1S/C7H3N3.C6H7N/c8-4-6-2-1-3-7(5-9)10-6;1-6-4-2-3-5-7-6/h1-3H;2-5H,1H3. The molecule has 2 aromatic rings. The first kappa shape index (κ1) is 12.4. The van der Waals surface area contributed by atoms with Gasteiger partial charge in [-0.1, -0.05) is 12.1 Å². The largest absolute Gasteiger partial charge is 0.262 e. The average Bonchev–Trinajstić information content (AvgIpc) is 2.40. The van der Waals surface area contributed by atoms with Crippen LogP contribution in [0.5, 0.6) is 0 Å². The number of hydrogen-bond donors (Lipinski definition) is 0. The number of aryl methyl sites for hydroxylation is 1. The maximum absolute atomic E-state index is 8.34. The van der Waals surface area contributed by atoms with Crippen molar-refractivity contribution in [3.8, 4) is 12.1 Å². The Morgan fingerprint density at radius 1 is 0.941 bits per heavy atom. The summed E-state index contributed by atoms with van der Waals surface area (Å²) in [6, 6.07) is 14.3. The number of aromatic nitrogens is 2. The molecule has 0 aliphatic heterocycles. The van der Waals surface area contributed by atoms with Crippen molar-refractivity contribution in [2.75, 3.05) is 0 Å². The summed E-state index contributed by atoms with van der Waals surface area (Å²) in [5.41, 5.74) is 1.63. The highest BCUT2D eigenvalue weighted by Crippen LogP contribution is 1.94. The Bertz CT molecular complexity index is 520. The van der Waals surface area contributed by atoms with Crippen molar-refractivity contribution < 1.29 is 0 Å². The monoisotopic (exact) mass is 222 g/mol. The lowest BCUT2D eigenvalue weighted by Crippen LogP contribution is -1.84. The van der Waals surface area contributed by atoms with E-state index in [1.807, 2.05) is 37.3 Å². The molecule has 0 saturated heterocycles. The van der Waals surface area contributed by atoms with Gasteiger partial charge in [0, 0.05) is 11.9 Å². The molecule has 2 rings (SSSR count). The second-order valence-corrected chi connectivity index (χ2v) is 3.10. The highest BCUT2D eigenvalue weighted by Gasteiger charge is 1.91. The highest BCUT2D eigenvalue weighted by molar-refractivity contribution is 5.27. The summed E-state index contributed by atoms with van der Waals surface area (Å²) < 4.78 is 0. The molecule has 4 nitrogen and oxygen atoms in total. The van der Waals surface area contributed by atoms with Crippen molar-refractivity contribution in [1.29, 1.82) is 10.5 Å². The van der Waals surface area contributed by atoms with Gasteiger partial charge in [0.15, 0.2) is 0 Å². The number of rotatable bonds is 0. The molecule has 2 aromatic heterocycles. The Kier molecular flexibility index (Phi) is 4.87. The fourth-order valence-corrected chi connectivity index (χ4v) is 1.01. The third kappa shape index (κ3) is 4.55. The molecular weight excluding hydrogens is 212 g/mol. The van der Waals surface area contributed by atoms with Crippen LogP contribution in [0.3, 0.4) is 0 Å². The lowest BCUT2D eigenvalue weighted by molar-refractivity contribution is 1.20. The van der Waals surface area contributed by atoms with E-state index < -0.39 is 0 Å². The fourth-order valence-electron chi connectivity index (χ4n) is 1.01. The lowest BCUT2D eigenvalue weighted by atomic mass is 10.3. The molecule has 17 heavy (non-hydrogen) atoms. The molecule has 0 bridgehead atoms. The van der Waals surface area contributed by atoms with E-state index in [1.54, 1.807) is 24.4 Å². The van der Waals surface area contributed by atoms with E-state index in [1.165, 1.54) is 0 Å². The third-order valence-electron chi connectivity index (χ3n) is 1.79. The molecule has 0 radical (unpaired) electrons. The zero-order valence-corrected chi connectivity index (χ0v) is 9.33. The first-order chi connectivity index (χ1) is 8.26. The van der Waals surface area contributed by atoms with Gasteiger partial charge < -0.3 is 0 Å². The van der Waals surface area contributed by atoms with E-state index in [9.17, 15) is 0 Å². The molecule has 0 aliphatic rings. The van der Waals surface area contributed by atoms with Crippen LogP contribution in [-0.2, 0) is 0 Å². The van der Waals surface area contributed by atoms with Crippen molar-refractivity contribution in [2.45, 2.75) is 6.92 Å². The zero-order chi connectivity index (χ0) is 12.5. The van der Waals surface area contributed by atoms with Gasteiger partial charge in [0.25, 0.3) is 0 Å². The Morgan fingerprint density at radius 3 is 1.94 bits per heavy atom. The number of nitriles is 2. The summed E-state index contributed by atoms with van der Waals surface area (Å²) in [5.74, 6) is 0. The Morgan fingerprint density at radius 2 is 1.59 bits per heavy atom. The third-order valence-corrected chi connectivity index (χ3v) is 1.79. The molecule has 0 aromatic carbocycles. The van der Waals surface area contributed by atoms with Gasteiger partial charge in [-0.3, -0.25) is 4.98 Å². The molecular formula is C13H10N4. The summed E-state index contributed by atoms with van der Waals surface area (Å²) >= 11 is 0. The Hall–Kier alpha value is -2.72. The summed E-state index contributed by atoms with van der Waals surface area (Å²) in [5, 5.41) is 16.7. The van der Waals surface area contributed by atoms with Crippen LogP contribution >= 0.6 is 0 Å². The summed E-state index contributed by atoms with van der Waals surface area (Å²) in [4.78, 5) is 7.67. The van der Waals surface area contributed by atoms with Gasteiger partial charge in [-0.15, -0.1) is 0 Å². The maximum Gasteiger partial charge on any atom is 0.142 e. The van der Waals surface area contributed by atoms with Crippen molar-refractivity contribution in [3.05, 3.63) is 59.7 Å². The van der Waals surface area contributed by atoms with Gasteiger partial charge in [0.1, 0.15) is 23.5 Å². The zero-order valence-electron chi connectivity index (χ0n) is 9.33. The molecule has 0 aliphatic carbocycles. The second kappa shape index (κ2) is 6.71. The molecule has 0 atom stereocenters. The minimum atomic E-state index is 0.277. The van der Waals surface area contributed by atoms with Gasteiger partial charge in [0.2, 0.25) is 0 Å². The summed E-state index contributed by atoms with van der Waals surface area (Å²) in [7, 11) is 0. The van der Waals surface area contributed by atoms with Crippen LogP contribution < -0.4 is 0 Å².